The van der Waals surface area contributed by atoms with Crippen LogP contribution in [0.1, 0.15) is 22.3 Å². The van der Waals surface area contributed by atoms with Crippen LogP contribution in [0.25, 0.3) is 0 Å². The number of rotatable bonds is 6. The van der Waals surface area contributed by atoms with Crippen LogP contribution in [0.15, 0.2) is 188 Å². The Bertz CT molecular complexity index is 2020. The Kier molecular flexibility index (Phi) is 9.27. The summed E-state index contributed by atoms with van der Waals surface area (Å²) in [6.45, 7) is 0. The summed E-state index contributed by atoms with van der Waals surface area (Å²) in [7, 11) is 2.00. The van der Waals surface area contributed by atoms with E-state index in [1.807, 2.05) is 54.3 Å². The number of aryl methyl sites for hydroxylation is 1. The van der Waals surface area contributed by atoms with E-state index < -0.39 is 0 Å². The summed E-state index contributed by atoms with van der Waals surface area (Å²) in [4.78, 5) is 4.49. The molecule has 0 atom stereocenters. The third-order valence-corrected chi connectivity index (χ3v) is 8.01. The van der Waals surface area contributed by atoms with Crippen molar-refractivity contribution in [1.82, 2.24) is 0 Å². The number of hydrogen-bond acceptors (Lipinski definition) is 2. The molecule has 3 heteroatoms. The minimum atomic E-state index is 0.908. The summed E-state index contributed by atoms with van der Waals surface area (Å²) in [5, 5.41) is 0. The molecule has 6 aromatic carbocycles. The summed E-state index contributed by atoms with van der Waals surface area (Å²) in [5.41, 5.74) is 10.3. The highest BCUT2D eigenvalue weighted by Crippen LogP contribution is 2.35. The quantitative estimate of drug-likeness (QED) is 0.134. The van der Waals surface area contributed by atoms with Crippen molar-refractivity contribution in [2.24, 2.45) is 7.05 Å². The van der Waals surface area contributed by atoms with Crippen molar-refractivity contribution in [3.63, 3.8) is 0 Å². The van der Waals surface area contributed by atoms with Gasteiger partial charge in [0.05, 0.1) is 11.1 Å². The third kappa shape index (κ3) is 7.61. The van der Waals surface area contributed by atoms with Crippen LogP contribution in [0.2, 0.25) is 0 Å². The highest BCUT2D eigenvalue weighted by Gasteiger charge is 2.13. The average Bonchev–Trinajstić information content (AvgIpc) is 3.16. The SMILES string of the molecule is C[n+]1cc(C#Cc2ccc(N(c3ccccc3)c3ccccc3)cc2)cc(C#Cc2ccc(N(c3ccccc3)c3ccccc3)cc2)c1. The number of anilines is 6. The molecule has 7 aromatic rings. The first-order valence-corrected chi connectivity index (χ1v) is 16.2. The van der Waals surface area contributed by atoms with Crippen molar-refractivity contribution in [2.45, 2.75) is 0 Å². The van der Waals surface area contributed by atoms with Crippen molar-refractivity contribution >= 4 is 34.1 Å². The number of nitrogens with zero attached hydrogens (tertiary/aromatic N) is 3. The Morgan fingerprint density at radius 1 is 0.327 bits per heavy atom. The first-order valence-electron chi connectivity index (χ1n) is 16.2. The molecule has 0 amide bonds. The van der Waals surface area contributed by atoms with Crippen molar-refractivity contribution in [3.05, 3.63) is 211 Å². The lowest BCUT2D eigenvalue weighted by atomic mass is 10.1. The summed E-state index contributed by atoms with van der Waals surface area (Å²) >= 11 is 0. The van der Waals surface area contributed by atoms with Crippen molar-refractivity contribution in [2.75, 3.05) is 9.80 Å². The van der Waals surface area contributed by atoms with Gasteiger partial charge >= 0.3 is 0 Å². The van der Waals surface area contributed by atoms with Gasteiger partial charge in [0.1, 0.15) is 7.05 Å². The molecule has 0 aliphatic carbocycles. The van der Waals surface area contributed by atoms with E-state index in [0.29, 0.717) is 0 Å². The average molecular weight is 629 g/mol. The standard InChI is InChI=1S/C46H34N3/c1-47-35-39(24-22-37-26-30-45(31-27-37)48(41-14-6-2-7-15-41)42-16-8-3-9-17-42)34-40(36-47)25-23-38-28-32-46(33-29-38)49(43-18-10-4-11-19-43)44-20-12-5-13-21-44/h2-21,26-36H,1H3/q+1. The lowest BCUT2D eigenvalue weighted by molar-refractivity contribution is -0.671. The molecule has 1 aromatic heterocycles. The van der Waals surface area contributed by atoms with Gasteiger partial charge in [0.2, 0.25) is 0 Å². The predicted octanol–water partition coefficient (Wildman–Crippen LogP) is 10.3. The smallest absolute Gasteiger partial charge is 0.184 e. The van der Waals surface area contributed by atoms with Gasteiger partial charge in [-0.3, -0.25) is 0 Å². The van der Waals surface area contributed by atoms with Gasteiger partial charge < -0.3 is 9.80 Å². The van der Waals surface area contributed by atoms with Gasteiger partial charge in [0.25, 0.3) is 0 Å². The van der Waals surface area contributed by atoms with Gasteiger partial charge in [-0.2, -0.15) is 0 Å². The topological polar surface area (TPSA) is 10.4 Å². The normalized spacial score (nSPS) is 10.2. The van der Waals surface area contributed by atoms with Crippen LogP contribution in [0.3, 0.4) is 0 Å². The van der Waals surface area contributed by atoms with E-state index in [1.165, 1.54) is 0 Å². The van der Waals surface area contributed by atoms with E-state index in [1.54, 1.807) is 0 Å². The van der Waals surface area contributed by atoms with E-state index in [9.17, 15) is 0 Å². The lowest BCUT2D eigenvalue weighted by Gasteiger charge is -2.25. The molecule has 0 bridgehead atoms. The van der Waals surface area contributed by atoms with Crippen molar-refractivity contribution < 1.29 is 4.57 Å². The number of hydrogen-bond donors (Lipinski definition) is 0. The number of aromatic nitrogens is 1. The molecule has 0 radical (unpaired) electrons. The minimum Gasteiger partial charge on any atom is -0.311 e. The molecule has 0 saturated carbocycles. The van der Waals surface area contributed by atoms with Gasteiger partial charge in [-0.05, 0) is 103 Å². The molecule has 0 unspecified atom stereocenters. The fourth-order valence-corrected chi connectivity index (χ4v) is 5.73. The zero-order chi connectivity index (χ0) is 33.3. The monoisotopic (exact) mass is 628 g/mol. The van der Waals surface area contributed by atoms with Gasteiger partial charge in [-0.1, -0.05) is 96.5 Å². The summed E-state index contributed by atoms with van der Waals surface area (Å²) in [5.74, 6) is 13.4. The summed E-state index contributed by atoms with van der Waals surface area (Å²) < 4.78 is 2.01. The fourth-order valence-electron chi connectivity index (χ4n) is 5.73. The van der Waals surface area contributed by atoms with Crippen LogP contribution >= 0.6 is 0 Å². The van der Waals surface area contributed by atoms with E-state index in [0.717, 1.165) is 56.4 Å². The van der Waals surface area contributed by atoms with Crippen LogP contribution in [-0.4, -0.2) is 0 Å². The van der Waals surface area contributed by atoms with Crippen LogP contribution < -0.4 is 14.4 Å². The number of para-hydroxylation sites is 4. The maximum Gasteiger partial charge on any atom is 0.184 e. The van der Waals surface area contributed by atoms with E-state index in [-0.39, 0.29) is 0 Å². The van der Waals surface area contributed by atoms with Crippen LogP contribution in [0.5, 0.6) is 0 Å². The number of benzene rings is 6. The van der Waals surface area contributed by atoms with Crippen LogP contribution in [0, 0.1) is 23.7 Å². The van der Waals surface area contributed by atoms with Crippen LogP contribution in [0.4, 0.5) is 34.1 Å². The van der Waals surface area contributed by atoms with E-state index in [2.05, 4.69) is 179 Å². The zero-order valence-corrected chi connectivity index (χ0v) is 27.2. The molecule has 0 fully saturated rings. The highest BCUT2D eigenvalue weighted by molar-refractivity contribution is 5.77. The molecule has 0 N–H and O–H groups in total. The second kappa shape index (κ2) is 14.7. The Morgan fingerprint density at radius 3 is 0.898 bits per heavy atom. The van der Waals surface area contributed by atoms with Crippen LogP contribution in [-0.2, 0) is 7.05 Å². The van der Waals surface area contributed by atoms with Crippen molar-refractivity contribution in [3.8, 4) is 23.7 Å². The van der Waals surface area contributed by atoms with Gasteiger partial charge in [-0.15, -0.1) is 0 Å². The fraction of sp³-hybridized carbons (Fsp3) is 0.0217. The molecule has 49 heavy (non-hydrogen) atoms. The minimum absolute atomic E-state index is 0.908. The molecule has 0 spiro atoms. The Hall–Kier alpha value is -6.81. The molecule has 1 heterocycles. The third-order valence-electron chi connectivity index (χ3n) is 8.01. The molecule has 232 valence electrons. The largest absolute Gasteiger partial charge is 0.311 e. The predicted molar refractivity (Wildman–Crippen MR) is 202 cm³/mol. The molecular formula is C46H34N3+. The molecule has 3 nitrogen and oxygen atoms in total. The first-order chi connectivity index (χ1) is 24.2. The summed E-state index contributed by atoms with van der Waals surface area (Å²) in [6.07, 6.45) is 4.05. The Balaban J connectivity index is 1.09. The maximum absolute atomic E-state index is 3.35. The maximum atomic E-state index is 3.35. The van der Waals surface area contributed by atoms with E-state index >= 15 is 0 Å². The highest BCUT2D eigenvalue weighted by atomic mass is 15.1. The van der Waals surface area contributed by atoms with Gasteiger partial charge in [0.15, 0.2) is 12.4 Å². The second-order valence-electron chi connectivity index (χ2n) is 11.6. The molecule has 0 aliphatic rings. The number of pyridine rings is 1. The first kappa shape index (κ1) is 30.8. The Labute approximate surface area is 289 Å². The molecule has 0 aliphatic heterocycles. The second-order valence-corrected chi connectivity index (χ2v) is 11.6. The molecular weight excluding hydrogens is 595 g/mol. The lowest BCUT2D eigenvalue weighted by Crippen LogP contribution is -2.27. The van der Waals surface area contributed by atoms with Gasteiger partial charge in [0, 0.05) is 45.3 Å². The van der Waals surface area contributed by atoms with Crippen molar-refractivity contribution in [1.29, 1.82) is 0 Å². The Morgan fingerprint density at radius 2 is 0.592 bits per heavy atom. The van der Waals surface area contributed by atoms with E-state index in [4.69, 9.17) is 0 Å². The van der Waals surface area contributed by atoms with Gasteiger partial charge in [-0.25, -0.2) is 4.57 Å². The molecule has 0 saturated heterocycles. The molecule has 7 rings (SSSR count). The zero-order valence-electron chi connectivity index (χ0n) is 27.2. The summed E-state index contributed by atoms with van der Waals surface area (Å²) in [6, 6.07) is 60.4.